The maximum absolute atomic E-state index is 14.7. The fraction of sp³-hybridized carbons (Fsp3) is 0.310. The highest BCUT2D eigenvalue weighted by Crippen LogP contribution is 2.41. The van der Waals surface area contributed by atoms with Crippen molar-refractivity contribution >= 4 is 12.4 Å². The Bertz CT molecular complexity index is 1370. The molecule has 0 N–H and O–H groups in total. The molecule has 5 nitrogen and oxygen atoms in total. The Kier molecular flexibility index (Phi) is 7.49. The van der Waals surface area contributed by atoms with Gasteiger partial charge in [-0.2, -0.15) is 13.2 Å². The van der Waals surface area contributed by atoms with Crippen molar-refractivity contribution in [2.24, 2.45) is 0 Å². The number of ether oxygens (including phenoxy) is 2. The van der Waals surface area contributed by atoms with Crippen molar-refractivity contribution in [3.8, 4) is 16.9 Å². The van der Waals surface area contributed by atoms with Crippen molar-refractivity contribution in [2.75, 3.05) is 7.11 Å². The number of halogens is 4. The molecular formula is C29H27F4NO4. The van der Waals surface area contributed by atoms with Crippen LogP contribution in [0.2, 0.25) is 0 Å². The summed E-state index contributed by atoms with van der Waals surface area (Å²) in [6.07, 6.45) is -5.35. The summed E-state index contributed by atoms with van der Waals surface area (Å²) in [6.45, 7) is 5.15. The van der Waals surface area contributed by atoms with Gasteiger partial charge in [-0.25, -0.2) is 9.18 Å². The van der Waals surface area contributed by atoms with Crippen LogP contribution in [0.15, 0.2) is 54.6 Å². The first-order valence-electron chi connectivity index (χ1n) is 12.0. The van der Waals surface area contributed by atoms with Gasteiger partial charge < -0.3 is 9.47 Å². The van der Waals surface area contributed by atoms with E-state index in [1.165, 1.54) is 24.1 Å². The van der Waals surface area contributed by atoms with Gasteiger partial charge in [0.05, 0.1) is 25.3 Å². The topological polar surface area (TPSA) is 55.8 Å². The predicted octanol–water partition coefficient (Wildman–Crippen LogP) is 7.54. The van der Waals surface area contributed by atoms with Crippen LogP contribution in [0, 0.1) is 5.82 Å². The van der Waals surface area contributed by atoms with Gasteiger partial charge in [-0.3, -0.25) is 9.69 Å². The number of rotatable bonds is 7. The molecule has 0 aromatic heterocycles. The van der Waals surface area contributed by atoms with Crippen LogP contribution in [0.1, 0.15) is 65.4 Å². The van der Waals surface area contributed by atoms with Crippen LogP contribution < -0.4 is 4.74 Å². The van der Waals surface area contributed by atoms with Gasteiger partial charge in [-0.1, -0.05) is 38.1 Å². The SMILES string of the molecule is COc1cc(F)c(C(C)C)cc1-c1ccc(C(F)(F)F)cc1CN1C(=O)OC(c2cccc(C=O)c2)C1C. The van der Waals surface area contributed by atoms with E-state index in [-0.39, 0.29) is 23.8 Å². The van der Waals surface area contributed by atoms with Crippen LogP contribution in [0.5, 0.6) is 5.75 Å². The number of benzene rings is 3. The summed E-state index contributed by atoms with van der Waals surface area (Å²) in [6, 6.07) is 12.1. The molecule has 1 amide bonds. The quantitative estimate of drug-likeness (QED) is 0.234. The van der Waals surface area contributed by atoms with Crippen LogP contribution >= 0.6 is 0 Å². The van der Waals surface area contributed by atoms with E-state index in [1.54, 1.807) is 37.3 Å². The molecule has 2 unspecified atom stereocenters. The Morgan fingerprint density at radius 3 is 2.45 bits per heavy atom. The number of carbonyl (C=O) groups is 2. The van der Waals surface area contributed by atoms with Gasteiger partial charge >= 0.3 is 12.3 Å². The monoisotopic (exact) mass is 529 g/mol. The van der Waals surface area contributed by atoms with Gasteiger partial charge in [0.15, 0.2) is 0 Å². The molecule has 2 atom stereocenters. The minimum Gasteiger partial charge on any atom is -0.496 e. The number of alkyl halides is 3. The minimum atomic E-state index is -4.61. The van der Waals surface area contributed by atoms with Gasteiger partial charge in [0.25, 0.3) is 0 Å². The Balaban J connectivity index is 1.80. The summed E-state index contributed by atoms with van der Waals surface area (Å²) >= 11 is 0. The Labute approximate surface area is 218 Å². The maximum atomic E-state index is 14.7. The highest BCUT2D eigenvalue weighted by molar-refractivity contribution is 5.77. The molecule has 0 spiro atoms. The normalized spacial score (nSPS) is 17.6. The zero-order chi connectivity index (χ0) is 27.8. The van der Waals surface area contributed by atoms with Crippen LogP contribution in [0.4, 0.5) is 22.4 Å². The number of hydrogen-bond donors (Lipinski definition) is 0. The summed E-state index contributed by atoms with van der Waals surface area (Å²) < 4.78 is 66.7. The van der Waals surface area contributed by atoms with Crippen LogP contribution in [-0.4, -0.2) is 30.4 Å². The van der Waals surface area contributed by atoms with E-state index in [2.05, 4.69) is 0 Å². The fourth-order valence-corrected chi connectivity index (χ4v) is 4.71. The molecule has 0 aliphatic carbocycles. The van der Waals surface area contributed by atoms with Crippen molar-refractivity contribution in [3.05, 3.63) is 88.2 Å². The smallest absolute Gasteiger partial charge is 0.416 e. The molecule has 0 bridgehead atoms. The first-order chi connectivity index (χ1) is 17.9. The Morgan fingerprint density at radius 2 is 1.82 bits per heavy atom. The Hall–Kier alpha value is -3.88. The third-order valence-corrected chi connectivity index (χ3v) is 6.77. The fourth-order valence-electron chi connectivity index (χ4n) is 4.71. The van der Waals surface area contributed by atoms with Gasteiger partial charge in [-0.15, -0.1) is 0 Å². The molecule has 1 fully saturated rings. The summed E-state index contributed by atoms with van der Waals surface area (Å²) in [5, 5.41) is 0. The van der Waals surface area contributed by atoms with Crippen LogP contribution in [-0.2, 0) is 17.5 Å². The van der Waals surface area contributed by atoms with Crippen molar-refractivity contribution in [2.45, 2.75) is 51.6 Å². The van der Waals surface area contributed by atoms with E-state index in [0.29, 0.717) is 34.1 Å². The van der Waals surface area contributed by atoms with Gasteiger partial charge in [-0.05, 0) is 59.4 Å². The van der Waals surface area contributed by atoms with Crippen molar-refractivity contribution in [1.29, 1.82) is 0 Å². The molecule has 1 saturated heterocycles. The van der Waals surface area contributed by atoms with E-state index in [0.717, 1.165) is 12.1 Å². The molecule has 1 aliphatic heterocycles. The highest BCUT2D eigenvalue weighted by Gasteiger charge is 2.40. The third-order valence-electron chi connectivity index (χ3n) is 6.77. The second kappa shape index (κ2) is 10.5. The van der Waals surface area contributed by atoms with E-state index < -0.39 is 35.8 Å². The second-order valence-electron chi connectivity index (χ2n) is 9.56. The molecule has 0 radical (unpaired) electrons. The lowest BCUT2D eigenvalue weighted by molar-refractivity contribution is -0.137. The number of carbonyl (C=O) groups excluding carboxylic acids is 2. The molecular weight excluding hydrogens is 502 g/mol. The van der Waals surface area contributed by atoms with E-state index in [9.17, 15) is 27.2 Å². The first kappa shape index (κ1) is 27.2. The summed E-state index contributed by atoms with van der Waals surface area (Å²) in [7, 11) is 1.36. The number of hydrogen-bond acceptors (Lipinski definition) is 4. The zero-order valence-electron chi connectivity index (χ0n) is 21.3. The lowest BCUT2D eigenvalue weighted by atomic mass is 9.92. The molecule has 3 aromatic rings. The van der Waals surface area contributed by atoms with Gasteiger partial charge in [0.2, 0.25) is 0 Å². The molecule has 38 heavy (non-hydrogen) atoms. The standard InChI is InChI=1S/C29H27F4NO4/c1-16(2)23-12-24(26(37-4)13-25(23)30)22-9-8-21(29(31,32)33)11-20(22)14-34-17(3)27(38-28(34)36)19-7-5-6-18(10-19)15-35/h5-13,15-17,27H,14H2,1-4H3. The summed E-state index contributed by atoms with van der Waals surface area (Å²) in [5.41, 5.74) is 1.51. The molecule has 1 aliphatic rings. The largest absolute Gasteiger partial charge is 0.496 e. The highest BCUT2D eigenvalue weighted by atomic mass is 19.4. The van der Waals surface area contributed by atoms with Crippen molar-refractivity contribution in [3.63, 3.8) is 0 Å². The average Bonchev–Trinajstić information content (AvgIpc) is 3.16. The van der Waals surface area contributed by atoms with E-state index in [1.807, 2.05) is 13.8 Å². The molecule has 4 rings (SSSR count). The van der Waals surface area contributed by atoms with Gasteiger partial charge in [0, 0.05) is 17.2 Å². The maximum Gasteiger partial charge on any atom is 0.416 e. The lowest BCUT2D eigenvalue weighted by Gasteiger charge is -2.24. The number of methoxy groups -OCH3 is 1. The van der Waals surface area contributed by atoms with E-state index >= 15 is 0 Å². The average molecular weight is 530 g/mol. The first-order valence-corrected chi connectivity index (χ1v) is 12.0. The van der Waals surface area contributed by atoms with Crippen LogP contribution in [0.25, 0.3) is 11.1 Å². The predicted molar refractivity (Wildman–Crippen MR) is 134 cm³/mol. The molecule has 9 heteroatoms. The number of aldehydes is 1. The van der Waals surface area contributed by atoms with Crippen molar-refractivity contribution < 1.29 is 36.6 Å². The molecule has 200 valence electrons. The lowest BCUT2D eigenvalue weighted by Crippen LogP contribution is -2.31. The minimum absolute atomic E-state index is 0.161. The van der Waals surface area contributed by atoms with E-state index in [4.69, 9.17) is 9.47 Å². The molecule has 0 saturated carbocycles. The number of nitrogens with zero attached hydrogens (tertiary/aromatic N) is 1. The number of cyclic esters (lactones) is 1. The summed E-state index contributed by atoms with van der Waals surface area (Å²) in [4.78, 5) is 25.5. The molecule has 3 aromatic carbocycles. The number of amides is 1. The molecule has 1 heterocycles. The zero-order valence-corrected chi connectivity index (χ0v) is 21.3. The van der Waals surface area contributed by atoms with Gasteiger partial charge in [0.1, 0.15) is 24.0 Å². The Morgan fingerprint density at radius 1 is 1.08 bits per heavy atom. The summed E-state index contributed by atoms with van der Waals surface area (Å²) in [5.74, 6) is -0.506. The van der Waals surface area contributed by atoms with Crippen LogP contribution in [0.3, 0.4) is 0 Å². The second-order valence-corrected chi connectivity index (χ2v) is 9.56. The van der Waals surface area contributed by atoms with Crippen molar-refractivity contribution in [1.82, 2.24) is 4.90 Å². The third kappa shape index (κ3) is 5.23.